The maximum Gasteiger partial charge on any atom is 0.289 e. The van der Waals surface area contributed by atoms with E-state index in [1.54, 1.807) is 29.2 Å². The summed E-state index contributed by atoms with van der Waals surface area (Å²) in [6, 6.07) is 12.9. The molecule has 0 radical (unpaired) electrons. The number of carbonyl (C=O) groups excluding carboxylic acids is 4. The van der Waals surface area contributed by atoms with Crippen LogP contribution in [0, 0.1) is 19.8 Å². The number of imide groups is 1. The Hall–Kier alpha value is -3.13. The molecule has 0 spiro atoms. The van der Waals surface area contributed by atoms with Crippen molar-refractivity contribution < 1.29 is 19.2 Å². The number of thioether (sulfide) groups is 1. The summed E-state index contributed by atoms with van der Waals surface area (Å²) in [6.07, 6.45) is 0.175. The summed E-state index contributed by atoms with van der Waals surface area (Å²) in [5.41, 5.74) is 4.42. The van der Waals surface area contributed by atoms with Gasteiger partial charge in [-0.1, -0.05) is 36.0 Å². The number of anilines is 2. The highest BCUT2D eigenvalue weighted by atomic mass is 32.2. The average molecular weight is 438 g/mol. The van der Waals surface area contributed by atoms with Crippen molar-refractivity contribution in [3.8, 4) is 0 Å². The fourth-order valence-corrected chi connectivity index (χ4v) is 4.52. The minimum atomic E-state index is -0.427. The Balaban J connectivity index is 1.38. The lowest BCUT2D eigenvalue weighted by Gasteiger charge is -2.20. The number of hydrogen-bond donors (Lipinski definition) is 1. The zero-order valence-electron chi connectivity index (χ0n) is 17.4. The second-order valence-corrected chi connectivity index (χ2v) is 8.77. The summed E-state index contributed by atoms with van der Waals surface area (Å²) in [4.78, 5) is 51.7. The molecular formula is C23H23N3O4S. The van der Waals surface area contributed by atoms with Gasteiger partial charge in [-0.25, -0.2) is 0 Å². The summed E-state index contributed by atoms with van der Waals surface area (Å²) < 4.78 is 0. The molecule has 1 N–H and O–H groups in total. The highest BCUT2D eigenvalue weighted by Crippen LogP contribution is 2.30. The Morgan fingerprint density at radius 1 is 1.06 bits per heavy atom. The first-order valence-corrected chi connectivity index (χ1v) is 11.1. The monoisotopic (exact) mass is 437 g/mol. The van der Waals surface area contributed by atoms with Crippen LogP contribution >= 0.6 is 11.8 Å². The molecule has 0 aliphatic carbocycles. The standard InChI is InChI=1S/C23H23N3O4S/c1-14-4-3-5-19(15(14)2)25-12-17(10-20(25)27)22(29)24-18-8-6-16(7-9-18)11-26-21(28)13-31-23(26)30/h3-9,17H,10-13H2,1-2H3,(H,24,29). The van der Waals surface area contributed by atoms with Crippen molar-refractivity contribution >= 4 is 46.1 Å². The zero-order valence-corrected chi connectivity index (χ0v) is 18.2. The van der Waals surface area contributed by atoms with E-state index in [2.05, 4.69) is 5.32 Å². The van der Waals surface area contributed by atoms with E-state index in [1.807, 2.05) is 32.0 Å². The lowest BCUT2D eigenvalue weighted by molar-refractivity contribution is -0.125. The topological polar surface area (TPSA) is 86.8 Å². The molecule has 1 unspecified atom stereocenters. The normalized spacial score (nSPS) is 18.8. The van der Waals surface area contributed by atoms with Crippen LogP contribution in [0.25, 0.3) is 0 Å². The maximum atomic E-state index is 12.7. The summed E-state index contributed by atoms with van der Waals surface area (Å²) in [7, 11) is 0. The van der Waals surface area contributed by atoms with E-state index in [4.69, 9.17) is 0 Å². The zero-order chi connectivity index (χ0) is 22.1. The average Bonchev–Trinajstić information content (AvgIpc) is 3.28. The molecular weight excluding hydrogens is 414 g/mol. The third kappa shape index (κ3) is 4.34. The minimum Gasteiger partial charge on any atom is -0.326 e. The van der Waals surface area contributed by atoms with Crippen LogP contribution in [0.3, 0.4) is 0 Å². The van der Waals surface area contributed by atoms with Crippen LogP contribution in [-0.4, -0.2) is 40.2 Å². The van der Waals surface area contributed by atoms with Gasteiger partial charge in [0.1, 0.15) is 0 Å². The molecule has 8 heteroatoms. The van der Waals surface area contributed by atoms with Gasteiger partial charge in [0.25, 0.3) is 5.24 Å². The van der Waals surface area contributed by atoms with E-state index in [0.717, 1.165) is 34.1 Å². The molecule has 2 fully saturated rings. The van der Waals surface area contributed by atoms with Gasteiger partial charge in [-0.3, -0.25) is 24.1 Å². The lowest BCUT2D eigenvalue weighted by atomic mass is 10.1. The minimum absolute atomic E-state index is 0.0537. The molecule has 4 rings (SSSR count). The van der Waals surface area contributed by atoms with Crippen LogP contribution in [0.15, 0.2) is 42.5 Å². The van der Waals surface area contributed by atoms with Gasteiger partial charge in [0.05, 0.1) is 18.2 Å². The SMILES string of the molecule is Cc1cccc(N2CC(C(=O)Nc3ccc(CN4C(=O)CSC4=O)cc3)CC2=O)c1C. The lowest BCUT2D eigenvalue weighted by Crippen LogP contribution is -2.29. The van der Waals surface area contributed by atoms with Gasteiger partial charge < -0.3 is 10.2 Å². The van der Waals surface area contributed by atoms with E-state index < -0.39 is 5.92 Å². The van der Waals surface area contributed by atoms with Crippen LogP contribution in [-0.2, 0) is 20.9 Å². The quantitative estimate of drug-likeness (QED) is 0.774. The van der Waals surface area contributed by atoms with Crippen molar-refractivity contribution in [2.24, 2.45) is 5.92 Å². The predicted molar refractivity (Wildman–Crippen MR) is 120 cm³/mol. The Kier molecular flexibility index (Phi) is 5.82. The molecule has 7 nitrogen and oxygen atoms in total. The van der Waals surface area contributed by atoms with Gasteiger partial charge in [-0.2, -0.15) is 0 Å². The summed E-state index contributed by atoms with van der Waals surface area (Å²) >= 11 is 1.01. The Morgan fingerprint density at radius 3 is 2.48 bits per heavy atom. The fourth-order valence-electron chi connectivity index (χ4n) is 3.80. The van der Waals surface area contributed by atoms with E-state index >= 15 is 0 Å². The first kappa shape index (κ1) is 21.1. The molecule has 2 aromatic rings. The molecule has 0 bridgehead atoms. The number of carbonyl (C=O) groups is 4. The molecule has 2 saturated heterocycles. The summed E-state index contributed by atoms with van der Waals surface area (Å²) in [6.45, 7) is 4.56. The Labute approximate surface area is 184 Å². The van der Waals surface area contributed by atoms with Gasteiger partial charge in [-0.15, -0.1) is 0 Å². The third-order valence-corrected chi connectivity index (χ3v) is 6.62. The van der Waals surface area contributed by atoms with Crippen LogP contribution in [0.5, 0.6) is 0 Å². The molecule has 0 aromatic heterocycles. The number of rotatable bonds is 5. The van der Waals surface area contributed by atoms with Gasteiger partial charge in [0, 0.05) is 24.3 Å². The molecule has 2 aliphatic rings. The number of nitrogens with zero attached hydrogens (tertiary/aromatic N) is 2. The number of nitrogens with one attached hydrogen (secondary N) is 1. The molecule has 160 valence electrons. The molecule has 1 atom stereocenters. The van der Waals surface area contributed by atoms with Crippen LogP contribution in [0.1, 0.15) is 23.1 Å². The highest BCUT2D eigenvalue weighted by Gasteiger charge is 2.36. The molecule has 2 heterocycles. The van der Waals surface area contributed by atoms with Crippen molar-refractivity contribution in [3.63, 3.8) is 0 Å². The van der Waals surface area contributed by atoms with Crippen LogP contribution in [0.4, 0.5) is 16.2 Å². The third-order valence-electron chi connectivity index (χ3n) is 5.77. The molecule has 4 amide bonds. The van der Waals surface area contributed by atoms with Crippen molar-refractivity contribution in [2.45, 2.75) is 26.8 Å². The van der Waals surface area contributed by atoms with Gasteiger partial charge in [0.2, 0.25) is 17.7 Å². The molecule has 2 aliphatic heterocycles. The number of aryl methyl sites for hydroxylation is 1. The second kappa shape index (κ2) is 8.55. The van der Waals surface area contributed by atoms with Crippen LogP contribution < -0.4 is 10.2 Å². The highest BCUT2D eigenvalue weighted by molar-refractivity contribution is 8.14. The van der Waals surface area contributed by atoms with Gasteiger partial charge in [0.15, 0.2) is 0 Å². The fraction of sp³-hybridized carbons (Fsp3) is 0.304. The van der Waals surface area contributed by atoms with Gasteiger partial charge in [-0.05, 0) is 48.7 Å². The van der Waals surface area contributed by atoms with Gasteiger partial charge >= 0.3 is 0 Å². The first-order valence-electron chi connectivity index (χ1n) is 10.1. The predicted octanol–water partition coefficient (Wildman–Crippen LogP) is 3.49. The van der Waals surface area contributed by atoms with E-state index in [9.17, 15) is 19.2 Å². The molecule has 0 saturated carbocycles. The van der Waals surface area contributed by atoms with Crippen molar-refractivity contribution in [1.82, 2.24) is 4.90 Å². The number of amides is 4. The largest absolute Gasteiger partial charge is 0.326 e. The number of hydrogen-bond acceptors (Lipinski definition) is 5. The molecule has 2 aromatic carbocycles. The van der Waals surface area contributed by atoms with E-state index in [1.165, 1.54) is 4.90 Å². The summed E-state index contributed by atoms with van der Waals surface area (Å²) in [5.74, 6) is -0.681. The van der Waals surface area contributed by atoms with Crippen molar-refractivity contribution in [2.75, 3.05) is 22.5 Å². The smallest absolute Gasteiger partial charge is 0.289 e. The second-order valence-electron chi connectivity index (χ2n) is 7.85. The summed E-state index contributed by atoms with van der Waals surface area (Å²) in [5, 5.41) is 2.64. The van der Waals surface area contributed by atoms with E-state index in [0.29, 0.717) is 12.2 Å². The van der Waals surface area contributed by atoms with Crippen molar-refractivity contribution in [3.05, 3.63) is 59.2 Å². The molecule has 31 heavy (non-hydrogen) atoms. The number of benzene rings is 2. The first-order chi connectivity index (χ1) is 14.8. The van der Waals surface area contributed by atoms with Crippen molar-refractivity contribution in [1.29, 1.82) is 0 Å². The Morgan fingerprint density at radius 2 is 1.81 bits per heavy atom. The van der Waals surface area contributed by atoms with E-state index in [-0.39, 0.29) is 41.7 Å². The maximum absolute atomic E-state index is 12.7. The van der Waals surface area contributed by atoms with Crippen LogP contribution in [0.2, 0.25) is 0 Å². The Bertz CT molecular complexity index is 1050.